The number of nitrogens with two attached hydrogens (primary N) is 1. The second-order valence-corrected chi connectivity index (χ2v) is 7.21. The number of anilines is 2. The van der Waals surface area contributed by atoms with E-state index in [9.17, 15) is 0 Å². The van der Waals surface area contributed by atoms with Crippen LogP contribution < -0.4 is 11.1 Å². The molecule has 0 spiro atoms. The Morgan fingerprint density at radius 3 is 2.37 bits per heavy atom. The fourth-order valence-corrected chi connectivity index (χ4v) is 5.34. The normalized spacial score (nSPS) is 39.5. The Hall–Kier alpha value is -1.25. The average Bonchev–Trinajstić information content (AvgIpc) is 2.36. The summed E-state index contributed by atoms with van der Waals surface area (Å²) in [5, 5.41) is 3.53. The van der Waals surface area contributed by atoms with Gasteiger partial charge in [-0.25, -0.2) is 4.98 Å². The van der Waals surface area contributed by atoms with Crippen molar-refractivity contribution in [1.82, 2.24) is 4.98 Å². The summed E-state index contributed by atoms with van der Waals surface area (Å²) >= 11 is 0. The lowest BCUT2D eigenvalue weighted by atomic mass is 9.49. The Kier molecular flexibility index (Phi) is 2.51. The zero-order valence-corrected chi connectivity index (χ0v) is 11.4. The van der Waals surface area contributed by atoms with Gasteiger partial charge in [0.1, 0.15) is 5.82 Å². The van der Waals surface area contributed by atoms with Crippen molar-refractivity contribution in [2.24, 2.45) is 23.2 Å². The highest BCUT2D eigenvalue weighted by molar-refractivity contribution is 5.60. The SMILES string of the molecule is Nc1cccnc1NCC12CC3CC(CC(C3)C1)C2. The van der Waals surface area contributed by atoms with Gasteiger partial charge in [0.05, 0.1) is 5.69 Å². The molecule has 102 valence electrons. The van der Waals surface area contributed by atoms with Gasteiger partial charge in [0.15, 0.2) is 0 Å². The van der Waals surface area contributed by atoms with E-state index in [-0.39, 0.29) is 0 Å². The van der Waals surface area contributed by atoms with E-state index >= 15 is 0 Å². The van der Waals surface area contributed by atoms with Gasteiger partial charge in [-0.1, -0.05) is 0 Å². The second kappa shape index (κ2) is 4.12. The molecule has 4 aliphatic carbocycles. The van der Waals surface area contributed by atoms with E-state index < -0.39 is 0 Å². The predicted molar refractivity (Wildman–Crippen MR) is 77.7 cm³/mol. The van der Waals surface area contributed by atoms with Crippen molar-refractivity contribution in [2.45, 2.75) is 38.5 Å². The fraction of sp³-hybridized carbons (Fsp3) is 0.688. The summed E-state index contributed by atoms with van der Waals surface area (Å²) in [6.45, 7) is 1.07. The summed E-state index contributed by atoms with van der Waals surface area (Å²) in [6.07, 6.45) is 10.6. The van der Waals surface area contributed by atoms with Crippen LogP contribution in [0.1, 0.15) is 38.5 Å². The first kappa shape index (κ1) is 11.6. The molecule has 1 heterocycles. The molecule has 1 aromatic rings. The van der Waals surface area contributed by atoms with E-state index in [4.69, 9.17) is 5.73 Å². The highest BCUT2D eigenvalue weighted by atomic mass is 15.0. The van der Waals surface area contributed by atoms with Gasteiger partial charge in [0, 0.05) is 12.7 Å². The Balaban J connectivity index is 1.49. The Morgan fingerprint density at radius 1 is 1.16 bits per heavy atom. The molecule has 4 aliphatic rings. The van der Waals surface area contributed by atoms with Gasteiger partial charge in [-0.15, -0.1) is 0 Å². The number of nitrogens with zero attached hydrogens (tertiary/aromatic N) is 1. The van der Waals surface area contributed by atoms with E-state index in [1.54, 1.807) is 0 Å². The predicted octanol–water partition coefficient (Wildman–Crippen LogP) is 3.29. The van der Waals surface area contributed by atoms with Crippen LogP contribution in [0.5, 0.6) is 0 Å². The number of rotatable bonds is 3. The Morgan fingerprint density at radius 2 is 1.79 bits per heavy atom. The van der Waals surface area contributed by atoms with Gasteiger partial charge >= 0.3 is 0 Å². The molecular weight excluding hydrogens is 234 g/mol. The molecule has 19 heavy (non-hydrogen) atoms. The Bertz CT molecular complexity index is 447. The van der Waals surface area contributed by atoms with Crippen molar-refractivity contribution in [3.05, 3.63) is 18.3 Å². The molecule has 0 unspecified atom stereocenters. The summed E-state index contributed by atoms with van der Waals surface area (Å²) in [7, 11) is 0. The monoisotopic (exact) mass is 257 g/mol. The van der Waals surface area contributed by atoms with Gasteiger partial charge in [-0.2, -0.15) is 0 Å². The molecular formula is C16H23N3. The fourth-order valence-electron chi connectivity index (χ4n) is 5.34. The van der Waals surface area contributed by atoms with Crippen LogP contribution in [-0.4, -0.2) is 11.5 Å². The molecule has 0 aromatic carbocycles. The molecule has 0 radical (unpaired) electrons. The van der Waals surface area contributed by atoms with Crippen LogP contribution in [0.15, 0.2) is 18.3 Å². The quantitative estimate of drug-likeness (QED) is 0.873. The maximum absolute atomic E-state index is 5.97. The molecule has 4 bridgehead atoms. The first-order valence-electron chi connectivity index (χ1n) is 7.67. The number of aromatic nitrogens is 1. The van der Waals surface area contributed by atoms with Gasteiger partial charge < -0.3 is 11.1 Å². The molecule has 3 N–H and O–H groups in total. The topological polar surface area (TPSA) is 50.9 Å². The lowest BCUT2D eigenvalue weighted by Gasteiger charge is -2.57. The molecule has 0 atom stereocenters. The van der Waals surface area contributed by atoms with Crippen LogP contribution in [-0.2, 0) is 0 Å². The number of nitrogens with one attached hydrogen (secondary N) is 1. The minimum absolute atomic E-state index is 0.540. The van der Waals surface area contributed by atoms with E-state index in [1.807, 2.05) is 18.3 Å². The Labute approximate surface area is 115 Å². The van der Waals surface area contributed by atoms with Crippen LogP contribution in [0.4, 0.5) is 11.5 Å². The smallest absolute Gasteiger partial charge is 0.149 e. The lowest BCUT2D eigenvalue weighted by Crippen LogP contribution is -2.49. The van der Waals surface area contributed by atoms with Crippen LogP contribution in [0.3, 0.4) is 0 Å². The molecule has 0 aliphatic heterocycles. The lowest BCUT2D eigenvalue weighted by molar-refractivity contribution is -0.0444. The van der Waals surface area contributed by atoms with Gasteiger partial charge in [0.25, 0.3) is 0 Å². The third kappa shape index (κ3) is 1.99. The third-order valence-corrected chi connectivity index (χ3v) is 5.63. The summed E-state index contributed by atoms with van der Waals surface area (Å²) in [6, 6.07) is 3.82. The van der Waals surface area contributed by atoms with Crippen LogP contribution in [0.25, 0.3) is 0 Å². The maximum Gasteiger partial charge on any atom is 0.149 e. The zero-order chi connectivity index (χ0) is 12.9. The van der Waals surface area contributed by atoms with E-state index in [0.717, 1.165) is 35.8 Å². The van der Waals surface area contributed by atoms with Crippen molar-refractivity contribution in [2.75, 3.05) is 17.6 Å². The second-order valence-electron chi connectivity index (χ2n) is 7.21. The molecule has 4 fully saturated rings. The third-order valence-electron chi connectivity index (χ3n) is 5.63. The maximum atomic E-state index is 5.97. The van der Waals surface area contributed by atoms with Crippen molar-refractivity contribution >= 4 is 11.5 Å². The molecule has 3 nitrogen and oxygen atoms in total. The first-order valence-corrected chi connectivity index (χ1v) is 7.67. The molecule has 0 amide bonds. The van der Waals surface area contributed by atoms with Crippen LogP contribution in [0.2, 0.25) is 0 Å². The summed E-state index contributed by atoms with van der Waals surface area (Å²) < 4.78 is 0. The molecule has 4 saturated carbocycles. The van der Waals surface area contributed by atoms with Gasteiger partial charge in [-0.05, 0) is 73.8 Å². The number of pyridine rings is 1. The number of hydrogen-bond donors (Lipinski definition) is 2. The standard InChI is InChI=1S/C16H23N3/c17-14-2-1-3-18-15(14)19-10-16-7-11-4-12(8-16)6-13(5-11)9-16/h1-3,11-13H,4-10,17H2,(H,18,19). The largest absolute Gasteiger partial charge is 0.396 e. The van der Waals surface area contributed by atoms with E-state index in [1.165, 1.54) is 38.5 Å². The zero-order valence-electron chi connectivity index (χ0n) is 11.4. The van der Waals surface area contributed by atoms with Gasteiger partial charge in [-0.3, -0.25) is 0 Å². The number of hydrogen-bond acceptors (Lipinski definition) is 3. The van der Waals surface area contributed by atoms with Crippen molar-refractivity contribution in [3.8, 4) is 0 Å². The van der Waals surface area contributed by atoms with E-state index in [2.05, 4.69) is 10.3 Å². The van der Waals surface area contributed by atoms with Crippen LogP contribution >= 0.6 is 0 Å². The average molecular weight is 257 g/mol. The van der Waals surface area contributed by atoms with Crippen molar-refractivity contribution in [3.63, 3.8) is 0 Å². The highest BCUT2D eigenvalue weighted by Gasteiger charge is 2.50. The van der Waals surface area contributed by atoms with Crippen LogP contribution in [0, 0.1) is 23.2 Å². The van der Waals surface area contributed by atoms with Crippen molar-refractivity contribution in [1.29, 1.82) is 0 Å². The number of nitrogen functional groups attached to an aromatic ring is 1. The van der Waals surface area contributed by atoms with Crippen molar-refractivity contribution < 1.29 is 0 Å². The molecule has 0 saturated heterocycles. The minimum Gasteiger partial charge on any atom is -0.396 e. The summed E-state index contributed by atoms with van der Waals surface area (Å²) in [4.78, 5) is 4.36. The molecule has 1 aromatic heterocycles. The van der Waals surface area contributed by atoms with E-state index in [0.29, 0.717) is 5.41 Å². The molecule has 5 rings (SSSR count). The molecule has 3 heteroatoms. The minimum atomic E-state index is 0.540. The first-order chi connectivity index (χ1) is 9.22. The highest BCUT2D eigenvalue weighted by Crippen LogP contribution is 2.59. The summed E-state index contributed by atoms with van der Waals surface area (Å²) in [5.41, 5.74) is 7.28. The summed E-state index contributed by atoms with van der Waals surface area (Å²) in [5.74, 6) is 3.90. The van der Waals surface area contributed by atoms with Gasteiger partial charge in [0.2, 0.25) is 0 Å².